The molecule has 5 nitrogen and oxygen atoms in total. The molecule has 1 heterocycles. The number of amides is 1. The van der Waals surface area contributed by atoms with Gasteiger partial charge >= 0.3 is 5.97 Å². The fourth-order valence-electron chi connectivity index (χ4n) is 2.93. The van der Waals surface area contributed by atoms with Crippen LogP contribution in [0.3, 0.4) is 0 Å². The summed E-state index contributed by atoms with van der Waals surface area (Å²) >= 11 is 0. The number of ether oxygens (including phenoxy) is 1. The predicted molar refractivity (Wildman–Crippen MR) is 85.8 cm³/mol. The number of carbonyl (C=O) groups excluding carboxylic acids is 2. The first-order valence-electron chi connectivity index (χ1n) is 7.79. The van der Waals surface area contributed by atoms with E-state index in [1.54, 1.807) is 24.3 Å². The zero-order valence-electron chi connectivity index (χ0n) is 13.2. The Kier molecular flexibility index (Phi) is 5.95. The minimum absolute atomic E-state index is 0.00644. The predicted octanol–water partition coefficient (Wildman–Crippen LogP) is 2.44. The SMILES string of the molecule is COC(=O)c1cccc(NC(=O)CC(C)C2CCNCC2)c1. The molecule has 120 valence electrons. The quantitative estimate of drug-likeness (QED) is 0.820. The Morgan fingerprint density at radius 2 is 2.09 bits per heavy atom. The minimum Gasteiger partial charge on any atom is -0.465 e. The van der Waals surface area contributed by atoms with E-state index in [-0.39, 0.29) is 5.91 Å². The zero-order valence-corrected chi connectivity index (χ0v) is 13.2. The van der Waals surface area contributed by atoms with Crippen LogP contribution in [0.5, 0.6) is 0 Å². The lowest BCUT2D eigenvalue weighted by atomic mass is 9.84. The monoisotopic (exact) mass is 304 g/mol. The van der Waals surface area contributed by atoms with Gasteiger partial charge < -0.3 is 15.4 Å². The molecule has 0 radical (unpaired) electrons. The van der Waals surface area contributed by atoms with Crippen molar-refractivity contribution in [2.45, 2.75) is 26.2 Å². The maximum atomic E-state index is 12.2. The van der Waals surface area contributed by atoms with Gasteiger partial charge in [0.15, 0.2) is 0 Å². The fourth-order valence-corrected chi connectivity index (χ4v) is 2.93. The largest absolute Gasteiger partial charge is 0.465 e. The van der Waals surface area contributed by atoms with Crippen LogP contribution in [-0.4, -0.2) is 32.1 Å². The number of hydrogen-bond acceptors (Lipinski definition) is 4. The Hall–Kier alpha value is -1.88. The van der Waals surface area contributed by atoms with Crippen LogP contribution in [0, 0.1) is 11.8 Å². The molecule has 22 heavy (non-hydrogen) atoms. The average Bonchev–Trinajstić information content (AvgIpc) is 2.55. The summed E-state index contributed by atoms with van der Waals surface area (Å²) in [5.74, 6) is 0.562. The van der Waals surface area contributed by atoms with Crippen LogP contribution in [0.2, 0.25) is 0 Å². The van der Waals surface area contributed by atoms with Crippen molar-refractivity contribution < 1.29 is 14.3 Å². The van der Waals surface area contributed by atoms with Crippen LogP contribution in [0.4, 0.5) is 5.69 Å². The van der Waals surface area contributed by atoms with Gasteiger partial charge in [0.1, 0.15) is 0 Å². The summed E-state index contributed by atoms with van der Waals surface area (Å²) in [4.78, 5) is 23.7. The maximum absolute atomic E-state index is 12.2. The van der Waals surface area contributed by atoms with Crippen molar-refractivity contribution in [3.8, 4) is 0 Å². The Bertz CT molecular complexity index is 524. The smallest absolute Gasteiger partial charge is 0.337 e. The molecule has 1 aromatic carbocycles. The standard InChI is InChI=1S/C17H24N2O3/c1-12(13-6-8-18-9-7-13)10-16(20)19-15-5-3-4-14(11-15)17(21)22-2/h3-5,11-13,18H,6-10H2,1-2H3,(H,19,20). The average molecular weight is 304 g/mol. The third kappa shape index (κ3) is 4.56. The summed E-state index contributed by atoms with van der Waals surface area (Å²) in [6.07, 6.45) is 2.77. The highest BCUT2D eigenvalue weighted by atomic mass is 16.5. The van der Waals surface area contributed by atoms with Gasteiger partial charge in [0.05, 0.1) is 12.7 Å². The van der Waals surface area contributed by atoms with E-state index in [1.165, 1.54) is 7.11 Å². The highest BCUT2D eigenvalue weighted by Gasteiger charge is 2.22. The molecule has 0 aliphatic carbocycles. The molecule has 1 aliphatic rings. The lowest BCUT2D eigenvalue weighted by Crippen LogP contribution is -2.32. The molecule has 0 saturated carbocycles. The van der Waals surface area contributed by atoms with Crippen LogP contribution in [0.15, 0.2) is 24.3 Å². The van der Waals surface area contributed by atoms with E-state index in [2.05, 4.69) is 22.3 Å². The normalized spacial score (nSPS) is 16.8. The summed E-state index contributed by atoms with van der Waals surface area (Å²) in [5.41, 5.74) is 1.07. The van der Waals surface area contributed by atoms with Crippen LogP contribution in [0.25, 0.3) is 0 Å². The van der Waals surface area contributed by atoms with E-state index in [1.807, 2.05) is 0 Å². The van der Waals surface area contributed by atoms with Crippen LogP contribution >= 0.6 is 0 Å². The first-order chi connectivity index (χ1) is 10.6. The third-order valence-electron chi connectivity index (χ3n) is 4.26. The van der Waals surface area contributed by atoms with Crippen molar-refractivity contribution in [2.24, 2.45) is 11.8 Å². The van der Waals surface area contributed by atoms with Gasteiger partial charge in [-0.2, -0.15) is 0 Å². The maximum Gasteiger partial charge on any atom is 0.337 e. The van der Waals surface area contributed by atoms with Crippen LogP contribution in [0.1, 0.15) is 36.5 Å². The van der Waals surface area contributed by atoms with E-state index in [0.717, 1.165) is 25.9 Å². The molecule has 1 amide bonds. The molecule has 1 saturated heterocycles. The van der Waals surface area contributed by atoms with Crippen LogP contribution in [-0.2, 0) is 9.53 Å². The van der Waals surface area contributed by atoms with E-state index in [9.17, 15) is 9.59 Å². The lowest BCUT2D eigenvalue weighted by Gasteiger charge is -2.27. The number of benzene rings is 1. The van der Waals surface area contributed by atoms with E-state index in [4.69, 9.17) is 0 Å². The van der Waals surface area contributed by atoms with Gasteiger partial charge in [0.2, 0.25) is 5.91 Å². The molecule has 1 aromatic rings. The van der Waals surface area contributed by atoms with Gasteiger partial charge in [-0.1, -0.05) is 13.0 Å². The van der Waals surface area contributed by atoms with Crippen molar-refractivity contribution in [2.75, 3.05) is 25.5 Å². The summed E-state index contributed by atoms with van der Waals surface area (Å²) < 4.78 is 4.68. The van der Waals surface area contributed by atoms with Gasteiger partial charge in [-0.05, 0) is 56.0 Å². The number of nitrogens with one attached hydrogen (secondary N) is 2. The summed E-state index contributed by atoms with van der Waals surface area (Å²) in [6, 6.07) is 6.82. The van der Waals surface area contributed by atoms with Crippen molar-refractivity contribution >= 4 is 17.6 Å². The van der Waals surface area contributed by atoms with Crippen LogP contribution < -0.4 is 10.6 Å². The molecule has 2 N–H and O–H groups in total. The van der Waals surface area contributed by atoms with Gasteiger partial charge in [-0.25, -0.2) is 4.79 Å². The topological polar surface area (TPSA) is 67.4 Å². The Balaban J connectivity index is 1.89. The molecule has 0 aromatic heterocycles. The van der Waals surface area contributed by atoms with Gasteiger partial charge in [0, 0.05) is 12.1 Å². The molecule has 2 rings (SSSR count). The van der Waals surface area contributed by atoms with E-state index < -0.39 is 5.97 Å². The highest BCUT2D eigenvalue weighted by Crippen LogP contribution is 2.24. The van der Waals surface area contributed by atoms with Gasteiger partial charge in [-0.3, -0.25) is 4.79 Å². The molecule has 1 fully saturated rings. The zero-order chi connectivity index (χ0) is 15.9. The summed E-state index contributed by atoms with van der Waals surface area (Å²) in [7, 11) is 1.34. The first kappa shape index (κ1) is 16.5. The second kappa shape index (κ2) is 7.94. The van der Waals surface area contributed by atoms with Crippen molar-refractivity contribution in [1.29, 1.82) is 0 Å². The molecule has 1 atom stereocenters. The minimum atomic E-state index is -0.404. The second-order valence-corrected chi connectivity index (χ2v) is 5.89. The Labute approximate surface area is 131 Å². The number of piperidine rings is 1. The summed E-state index contributed by atoms with van der Waals surface area (Å²) in [5, 5.41) is 6.21. The summed E-state index contributed by atoms with van der Waals surface area (Å²) in [6.45, 7) is 4.22. The Morgan fingerprint density at radius 1 is 1.36 bits per heavy atom. The number of methoxy groups -OCH3 is 1. The van der Waals surface area contributed by atoms with Crippen molar-refractivity contribution in [3.63, 3.8) is 0 Å². The second-order valence-electron chi connectivity index (χ2n) is 5.89. The lowest BCUT2D eigenvalue weighted by molar-refractivity contribution is -0.117. The fraction of sp³-hybridized carbons (Fsp3) is 0.529. The molecular formula is C17H24N2O3. The van der Waals surface area contributed by atoms with Crippen molar-refractivity contribution in [3.05, 3.63) is 29.8 Å². The molecule has 5 heteroatoms. The number of rotatable bonds is 5. The third-order valence-corrected chi connectivity index (χ3v) is 4.26. The van der Waals surface area contributed by atoms with Crippen molar-refractivity contribution in [1.82, 2.24) is 5.32 Å². The Morgan fingerprint density at radius 3 is 2.77 bits per heavy atom. The number of anilines is 1. The molecule has 1 aliphatic heterocycles. The number of hydrogen-bond donors (Lipinski definition) is 2. The molecule has 0 bridgehead atoms. The van der Waals surface area contributed by atoms with E-state index in [0.29, 0.717) is 29.5 Å². The number of carbonyl (C=O) groups is 2. The molecule has 0 spiro atoms. The molecule has 1 unspecified atom stereocenters. The van der Waals surface area contributed by atoms with Gasteiger partial charge in [0.25, 0.3) is 0 Å². The number of esters is 1. The van der Waals surface area contributed by atoms with E-state index >= 15 is 0 Å². The molecular weight excluding hydrogens is 280 g/mol. The highest BCUT2D eigenvalue weighted by molar-refractivity contribution is 5.94. The van der Waals surface area contributed by atoms with Gasteiger partial charge in [-0.15, -0.1) is 0 Å². The first-order valence-corrected chi connectivity index (χ1v) is 7.79.